The van der Waals surface area contributed by atoms with E-state index in [4.69, 9.17) is 11.6 Å². The minimum absolute atomic E-state index is 0.0349. The second kappa shape index (κ2) is 7.47. The van der Waals surface area contributed by atoms with Gasteiger partial charge in [0.15, 0.2) is 0 Å². The molecular formula is C14H19ClN4OS. The van der Waals surface area contributed by atoms with Gasteiger partial charge in [0.05, 0.1) is 17.2 Å². The smallest absolute Gasteiger partial charge is 0.317 e. The second-order valence-electron chi connectivity index (χ2n) is 4.83. The van der Waals surface area contributed by atoms with Gasteiger partial charge >= 0.3 is 6.03 Å². The molecule has 1 atom stereocenters. The second-order valence-corrected chi connectivity index (χ2v) is 6.63. The number of carbonyl (C=O) groups is 1. The summed E-state index contributed by atoms with van der Waals surface area (Å²) in [5, 5.41) is 3.01. The molecule has 21 heavy (non-hydrogen) atoms. The van der Waals surface area contributed by atoms with Gasteiger partial charge in [-0.2, -0.15) is 0 Å². The molecule has 0 aliphatic rings. The number of thiophene rings is 1. The van der Waals surface area contributed by atoms with E-state index in [0.29, 0.717) is 19.6 Å². The van der Waals surface area contributed by atoms with Crippen LogP contribution in [0.1, 0.15) is 18.7 Å². The summed E-state index contributed by atoms with van der Waals surface area (Å²) >= 11 is 7.42. The van der Waals surface area contributed by atoms with Crippen LogP contribution in [0.4, 0.5) is 4.79 Å². The Kier molecular flexibility index (Phi) is 5.64. The Morgan fingerprint density at radius 2 is 2.38 bits per heavy atom. The minimum atomic E-state index is -0.0605. The van der Waals surface area contributed by atoms with E-state index in [0.717, 1.165) is 9.21 Å². The first kappa shape index (κ1) is 15.9. The zero-order chi connectivity index (χ0) is 15.2. The van der Waals surface area contributed by atoms with Crippen LogP contribution in [0.25, 0.3) is 0 Å². The maximum absolute atomic E-state index is 12.3. The van der Waals surface area contributed by atoms with Gasteiger partial charge in [0.25, 0.3) is 0 Å². The van der Waals surface area contributed by atoms with Crippen LogP contribution in [-0.2, 0) is 13.1 Å². The molecular weight excluding hydrogens is 308 g/mol. The van der Waals surface area contributed by atoms with Crippen molar-refractivity contribution in [2.45, 2.75) is 33.0 Å². The lowest BCUT2D eigenvalue weighted by molar-refractivity contribution is 0.194. The summed E-state index contributed by atoms with van der Waals surface area (Å²) in [6.07, 6.45) is 5.36. The fourth-order valence-electron chi connectivity index (χ4n) is 2.01. The number of hydrogen-bond donors (Lipinski definition) is 1. The normalized spacial score (nSPS) is 12.1. The number of urea groups is 1. The first-order valence-corrected chi connectivity index (χ1v) is 8.03. The average molecular weight is 327 g/mol. The van der Waals surface area contributed by atoms with Crippen molar-refractivity contribution in [1.29, 1.82) is 0 Å². The third kappa shape index (κ3) is 4.75. The molecule has 114 valence electrons. The number of rotatable bonds is 6. The van der Waals surface area contributed by atoms with Crippen molar-refractivity contribution in [1.82, 2.24) is 19.8 Å². The quantitative estimate of drug-likeness (QED) is 0.886. The van der Waals surface area contributed by atoms with E-state index in [-0.39, 0.29) is 12.1 Å². The summed E-state index contributed by atoms with van der Waals surface area (Å²) in [4.78, 5) is 19.1. The minimum Gasteiger partial charge on any atom is -0.335 e. The fourth-order valence-corrected chi connectivity index (χ4v) is 3.11. The van der Waals surface area contributed by atoms with Crippen LogP contribution < -0.4 is 5.32 Å². The van der Waals surface area contributed by atoms with Crippen molar-refractivity contribution in [3.8, 4) is 0 Å². The molecule has 0 saturated carbocycles. The summed E-state index contributed by atoms with van der Waals surface area (Å²) < 4.78 is 2.69. The monoisotopic (exact) mass is 326 g/mol. The Balaban J connectivity index is 1.87. The number of amides is 2. The Bertz CT molecular complexity index is 569. The molecule has 0 aliphatic heterocycles. The van der Waals surface area contributed by atoms with E-state index < -0.39 is 0 Å². The molecule has 2 aromatic rings. The number of imidazole rings is 1. The molecule has 2 rings (SSSR count). The largest absolute Gasteiger partial charge is 0.335 e. The molecule has 1 N–H and O–H groups in total. The highest BCUT2D eigenvalue weighted by atomic mass is 35.5. The van der Waals surface area contributed by atoms with E-state index in [1.807, 2.05) is 36.7 Å². The zero-order valence-corrected chi connectivity index (χ0v) is 13.7. The maximum atomic E-state index is 12.3. The van der Waals surface area contributed by atoms with Crippen molar-refractivity contribution in [3.05, 3.63) is 40.1 Å². The SMILES string of the molecule is CCN(Cc1ccc(Cl)s1)C(=O)N[C@H](C)Cn1ccnc1. The van der Waals surface area contributed by atoms with Crippen LogP contribution in [0.2, 0.25) is 4.34 Å². The highest BCUT2D eigenvalue weighted by Gasteiger charge is 2.15. The van der Waals surface area contributed by atoms with Gasteiger partial charge in [0, 0.05) is 36.4 Å². The van der Waals surface area contributed by atoms with Crippen LogP contribution in [0.15, 0.2) is 30.9 Å². The van der Waals surface area contributed by atoms with Crippen LogP contribution in [0.3, 0.4) is 0 Å². The fraction of sp³-hybridized carbons (Fsp3) is 0.429. The number of carbonyl (C=O) groups excluding carboxylic acids is 1. The van der Waals surface area contributed by atoms with E-state index in [9.17, 15) is 4.79 Å². The first-order valence-electron chi connectivity index (χ1n) is 6.84. The predicted octanol–water partition coefficient (Wildman–Crippen LogP) is 3.22. The standard InChI is InChI=1S/C14H19ClN4OS/c1-3-19(9-12-4-5-13(15)21-12)14(20)17-11(2)8-18-7-6-16-10-18/h4-7,10-11H,3,8-9H2,1-2H3,(H,17,20)/t11-/m1/s1. The molecule has 0 bridgehead atoms. The molecule has 2 amide bonds. The van der Waals surface area contributed by atoms with Gasteiger partial charge in [0.2, 0.25) is 0 Å². The van der Waals surface area contributed by atoms with E-state index in [1.165, 1.54) is 11.3 Å². The molecule has 7 heteroatoms. The summed E-state index contributed by atoms with van der Waals surface area (Å²) in [5.41, 5.74) is 0. The Hall–Kier alpha value is -1.53. The van der Waals surface area contributed by atoms with Crippen LogP contribution in [-0.4, -0.2) is 33.1 Å². The molecule has 5 nitrogen and oxygen atoms in total. The van der Waals surface area contributed by atoms with Gasteiger partial charge in [-0.1, -0.05) is 11.6 Å². The Morgan fingerprint density at radius 1 is 1.57 bits per heavy atom. The highest BCUT2D eigenvalue weighted by Crippen LogP contribution is 2.22. The first-order chi connectivity index (χ1) is 10.1. The molecule has 0 fully saturated rings. The highest BCUT2D eigenvalue weighted by molar-refractivity contribution is 7.16. The van der Waals surface area contributed by atoms with Crippen molar-refractivity contribution in [3.63, 3.8) is 0 Å². The van der Waals surface area contributed by atoms with Crippen LogP contribution in [0.5, 0.6) is 0 Å². The lowest BCUT2D eigenvalue weighted by Gasteiger charge is -2.23. The third-order valence-electron chi connectivity index (χ3n) is 3.06. The molecule has 0 saturated heterocycles. The zero-order valence-electron chi connectivity index (χ0n) is 12.1. The topological polar surface area (TPSA) is 50.2 Å². The Labute approximate surface area is 133 Å². The van der Waals surface area contributed by atoms with Crippen molar-refractivity contribution in [2.75, 3.05) is 6.54 Å². The van der Waals surface area contributed by atoms with Gasteiger partial charge in [-0.25, -0.2) is 9.78 Å². The van der Waals surface area contributed by atoms with E-state index in [1.54, 1.807) is 17.4 Å². The van der Waals surface area contributed by atoms with Crippen molar-refractivity contribution in [2.24, 2.45) is 0 Å². The molecule has 2 heterocycles. The molecule has 0 radical (unpaired) electrons. The molecule has 0 aromatic carbocycles. The van der Waals surface area contributed by atoms with Crippen LogP contribution in [0, 0.1) is 0 Å². The van der Waals surface area contributed by atoms with Gasteiger partial charge in [-0.3, -0.25) is 0 Å². The molecule has 0 spiro atoms. The average Bonchev–Trinajstić information content (AvgIpc) is 3.07. The van der Waals surface area contributed by atoms with Crippen LogP contribution >= 0.6 is 22.9 Å². The summed E-state index contributed by atoms with van der Waals surface area (Å²) in [5.74, 6) is 0. The molecule has 0 aliphatic carbocycles. The lowest BCUT2D eigenvalue weighted by atomic mass is 10.3. The number of halogens is 1. The molecule has 0 unspecified atom stereocenters. The van der Waals surface area contributed by atoms with Gasteiger partial charge in [0.1, 0.15) is 0 Å². The van der Waals surface area contributed by atoms with Crippen molar-refractivity contribution >= 4 is 29.0 Å². The maximum Gasteiger partial charge on any atom is 0.317 e. The van der Waals surface area contributed by atoms with Crippen molar-refractivity contribution < 1.29 is 4.79 Å². The molecule has 2 aromatic heterocycles. The van der Waals surface area contributed by atoms with Gasteiger partial charge in [-0.15, -0.1) is 11.3 Å². The van der Waals surface area contributed by atoms with Gasteiger partial charge in [-0.05, 0) is 26.0 Å². The summed E-state index contributed by atoms with van der Waals surface area (Å²) in [6, 6.07) is 3.79. The number of nitrogens with zero attached hydrogens (tertiary/aromatic N) is 3. The summed E-state index contributed by atoms with van der Waals surface area (Å²) in [6.45, 7) is 5.88. The number of aromatic nitrogens is 2. The third-order valence-corrected chi connectivity index (χ3v) is 4.27. The number of hydrogen-bond acceptors (Lipinski definition) is 3. The summed E-state index contributed by atoms with van der Waals surface area (Å²) in [7, 11) is 0. The van der Waals surface area contributed by atoms with E-state index in [2.05, 4.69) is 10.3 Å². The van der Waals surface area contributed by atoms with Gasteiger partial charge < -0.3 is 14.8 Å². The Morgan fingerprint density at radius 3 is 2.95 bits per heavy atom. The lowest BCUT2D eigenvalue weighted by Crippen LogP contribution is -2.44. The predicted molar refractivity (Wildman–Crippen MR) is 85.6 cm³/mol. The number of nitrogens with one attached hydrogen (secondary N) is 1. The van der Waals surface area contributed by atoms with E-state index >= 15 is 0 Å².